The monoisotopic (exact) mass is 319 g/mol. The van der Waals surface area contributed by atoms with Crippen LogP contribution in [0, 0.1) is 0 Å². The molecule has 1 N–H and O–H groups in total. The average Bonchev–Trinajstić information content (AvgIpc) is 3.01. The summed E-state index contributed by atoms with van der Waals surface area (Å²) in [5, 5.41) is 15.7. The van der Waals surface area contributed by atoms with E-state index in [9.17, 15) is 0 Å². The van der Waals surface area contributed by atoms with Gasteiger partial charge in [-0.2, -0.15) is 0 Å². The van der Waals surface area contributed by atoms with Gasteiger partial charge < -0.3 is 5.32 Å². The third-order valence-corrected chi connectivity index (χ3v) is 3.50. The maximum atomic E-state index is 6.21. The molecule has 0 saturated heterocycles. The summed E-state index contributed by atoms with van der Waals surface area (Å²) in [6.45, 7) is 0.624. The summed E-state index contributed by atoms with van der Waals surface area (Å²) in [5.41, 5.74) is 2.72. The van der Waals surface area contributed by atoms with E-state index in [1.165, 1.54) is 6.33 Å². The molecule has 2 aromatic carbocycles. The van der Waals surface area contributed by atoms with Gasteiger partial charge in [-0.3, -0.25) is 0 Å². The van der Waals surface area contributed by atoms with Gasteiger partial charge in [0.2, 0.25) is 0 Å². The number of hydrogen-bond donors (Lipinski definition) is 1. The lowest BCUT2D eigenvalue weighted by Gasteiger charge is -2.10. The zero-order valence-electron chi connectivity index (χ0n) is 10.9. The Bertz CT molecular complexity index is 743. The van der Waals surface area contributed by atoms with Gasteiger partial charge in [0.1, 0.15) is 6.33 Å². The van der Waals surface area contributed by atoms with Crippen LogP contribution in [-0.2, 0) is 6.54 Å². The summed E-state index contributed by atoms with van der Waals surface area (Å²) in [7, 11) is 0. The SMILES string of the molecule is Clc1cccc(CNc2cc(-n3cnnn3)ccc2Cl)c1. The van der Waals surface area contributed by atoms with Crippen molar-refractivity contribution in [2.75, 3.05) is 5.32 Å². The number of anilines is 1. The normalized spacial score (nSPS) is 10.6. The molecule has 0 aliphatic rings. The van der Waals surface area contributed by atoms with Gasteiger partial charge >= 0.3 is 0 Å². The molecular formula is C14H11Cl2N5. The molecule has 3 aromatic rings. The van der Waals surface area contributed by atoms with Crippen LogP contribution in [0.2, 0.25) is 10.0 Å². The summed E-state index contributed by atoms with van der Waals surface area (Å²) in [6, 6.07) is 13.2. The summed E-state index contributed by atoms with van der Waals surface area (Å²) in [4.78, 5) is 0. The second kappa shape index (κ2) is 6.11. The van der Waals surface area contributed by atoms with Crippen LogP contribution in [-0.4, -0.2) is 20.2 Å². The molecule has 0 aliphatic heterocycles. The van der Waals surface area contributed by atoms with Crippen molar-refractivity contribution in [2.45, 2.75) is 6.54 Å². The first-order valence-electron chi connectivity index (χ1n) is 6.23. The van der Waals surface area contributed by atoms with Gasteiger partial charge in [0.25, 0.3) is 0 Å². The van der Waals surface area contributed by atoms with Crippen LogP contribution in [0.25, 0.3) is 5.69 Å². The van der Waals surface area contributed by atoms with E-state index in [-0.39, 0.29) is 0 Å². The minimum atomic E-state index is 0.624. The summed E-state index contributed by atoms with van der Waals surface area (Å²) < 4.78 is 1.57. The van der Waals surface area contributed by atoms with Gasteiger partial charge in [0.15, 0.2) is 0 Å². The molecule has 0 fully saturated rings. The fraction of sp³-hybridized carbons (Fsp3) is 0.0714. The Hall–Kier alpha value is -2.11. The lowest BCUT2D eigenvalue weighted by molar-refractivity contribution is 0.789. The van der Waals surface area contributed by atoms with Crippen molar-refractivity contribution in [3.8, 4) is 5.69 Å². The maximum Gasteiger partial charge on any atom is 0.143 e. The Labute approximate surface area is 131 Å². The van der Waals surface area contributed by atoms with Crippen molar-refractivity contribution in [2.24, 2.45) is 0 Å². The third-order valence-electron chi connectivity index (χ3n) is 2.94. The smallest absolute Gasteiger partial charge is 0.143 e. The van der Waals surface area contributed by atoms with Crippen molar-refractivity contribution in [1.82, 2.24) is 20.2 Å². The first-order valence-corrected chi connectivity index (χ1v) is 6.99. The topological polar surface area (TPSA) is 55.6 Å². The van der Waals surface area contributed by atoms with E-state index >= 15 is 0 Å². The fourth-order valence-corrected chi connectivity index (χ4v) is 2.31. The van der Waals surface area contributed by atoms with Crippen LogP contribution in [0.3, 0.4) is 0 Å². The zero-order chi connectivity index (χ0) is 14.7. The van der Waals surface area contributed by atoms with Crippen molar-refractivity contribution in [3.63, 3.8) is 0 Å². The van der Waals surface area contributed by atoms with Crippen LogP contribution in [0.4, 0.5) is 5.69 Å². The van der Waals surface area contributed by atoms with Crippen molar-refractivity contribution < 1.29 is 0 Å². The fourth-order valence-electron chi connectivity index (χ4n) is 1.92. The molecule has 1 aromatic heterocycles. The maximum absolute atomic E-state index is 6.21. The molecule has 0 radical (unpaired) electrons. The molecule has 0 bridgehead atoms. The van der Waals surface area contributed by atoms with Crippen LogP contribution in [0.1, 0.15) is 5.56 Å². The van der Waals surface area contributed by atoms with Gasteiger partial charge in [-0.05, 0) is 46.3 Å². The highest BCUT2D eigenvalue weighted by Crippen LogP contribution is 2.25. The molecule has 1 heterocycles. The first kappa shape index (κ1) is 13.9. The summed E-state index contributed by atoms with van der Waals surface area (Å²) in [6.07, 6.45) is 1.53. The van der Waals surface area contributed by atoms with Gasteiger partial charge in [0.05, 0.1) is 16.4 Å². The third kappa shape index (κ3) is 3.32. The molecule has 0 unspecified atom stereocenters. The average molecular weight is 320 g/mol. The first-order chi connectivity index (χ1) is 10.2. The predicted octanol–water partition coefficient (Wildman–Crippen LogP) is 3.58. The quantitative estimate of drug-likeness (QED) is 0.798. The number of nitrogens with zero attached hydrogens (tertiary/aromatic N) is 4. The highest BCUT2D eigenvalue weighted by molar-refractivity contribution is 6.33. The number of halogens is 2. The molecule has 21 heavy (non-hydrogen) atoms. The predicted molar refractivity (Wildman–Crippen MR) is 82.9 cm³/mol. The van der Waals surface area contributed by atoms with Crippen LogP contribution < -0.4 is 5.32 Å². The van der Waals surface area contributed by atoms with E-state index in [2.05, 4.69) is 20.8 Å². The van der Waals surface area contributed by atoms with E-state index in [0.29, 0.717) is 16.6 Å². The number of aromatic nitrogens is 4. The molecule has 3 rings (SSSR count). The van der Waals surface area contributed by atoms with E-state index < -0.39 is 0 Å². The lowest BCUT2D eigenvalue weighted by atomic mass is 10.2. The zero-order valence-corrected chi connectivity index (χ0v) is 12.4. The molecule has 0 spiro atoms. The Morgan fingerprint density at radius 2 is 2.00 bits per heavy atom. The molecule has 0 aliphatic carbocycles. The Morgan fingerprint density at radius 1 is 1.10 bits per heavy atom. The summed E-state index contributed by atoms with van der Waals surface area (Å²) >= 11 is 12.2. The van der Waals surface area contributed by atoms with Gasteiger partial charge in [0, 0.05) is 11.6 Å². The molecule has 5 nitrogen and oxygen atoms in total. The van der Waals surface area contributed by atoms with Crippen molar-refractivity contribution in [1.29, 1.82) is 0 Å². The molecular weight excluding hydrogens is 309 g/mol. The lowest BCUT2D eigenvalue weighted by Crippen LogP contribution is -2.02. The standard InChI is InChI=1S/C14H11Cl2N5/c15-11-3-1-2-10(6-11)8-17-14-7-12(4-5-13(14)16)21-9-18-19-20-21/h1-7,9,17H,8H2. The molecule has 0 amide bonds. The minimum absolute atomic E-state index is 0.624. The molecule has 7 heteroatoms. The van der Waals surface area contributed by atoms with E-state index in [4.69, 9.17) is 23.2 Å². The molecule has 0 saturated carbocycles. The Morgan fingerprint density at radius 3 is 2.76 bits per heavy atom. The van der Waals surface area contributed by atoms with Gasteiger partial charge in [-0.1, -0.05) is 35.3 Å². The van der Waals surface area contributed by atoms with Crippen molar-refractivity contribution in [3.05, 3.63) is 64.4 Å². The van der Waals surface area contributed by atoms with Crippen LogP contribution >= 0.6 is 23.2 Å². The van der Waals surface area contributed by atoms with Gasteiger partial charge in [-0.15, -0.1) is 5.10 Å². The molecule has 0 atom stereocenters. The number of nitrogens with one attached hydrogen (secondary N) is 1. The number of rotatable bonds is 4. The number of hydrogen-bond acceptors (Lipinski definition) is 4. The highest BCUT2D eigenvalue weighted by atomic mass is 35.5. The van der Waals surface area contributed by atoms with Gasteiger partial charge in [-0.25, -0.2) is 4.68 Å². The highest BCUT2D eigenvalue weighted by Gasteiger charge is 2.05. The van der Waals surface area contributed by atoms with E-state index in [1.54, 1.807) is 10.7 Å². The van der Waals surface area contributed by atoms with E-state index in [1.807, 2.05) is 36.4 Å². The summed E-state index contributed by atoms with van der Waals surface area (Å²) in [5.74, 6) is 0. The second-order valence-corrected chi connectivity index (χ2v) is 5.25. The Kier molecular flexibility index (Phi) is 4.03. The van der Waals surface area contributed by atoms with E-state index in [0.717, 1.165) is 16.9 Å². The number of benzene rings is 2. The number of tetrazole rings is 1. The largest absolute Gasteiger partial charge is 0.380 e. The minimum Gasteiger partial charge on any atom is -0.380 e. The van der Waals surface area contributed by atoms with Crippen LogP contribution in [0.15, 0.2) is 48.8 Å². The Balaban J connectivity index is 1.80. The molecule has 106 valence electrons. The van der Waals surface area contributed by atoms with Crippen LogP contribution in [0.5, 0.6) is 0 Å². The van der Waals surface area contributed by atoms with Crippen molar-refractivity contribution >= 4 is 28.9 Å². The second-order valence-electron chi connectivity index (χ2n) is 4.40.